The summed E-state index contributed by atoms with van der Waals surface area (Å²) in [6.45, 7) is -1.16. The zero-order valence-corrected chi connectivity index (χ0v) is 32.3. The van der Waals surface area contributed by atoms with Crippen LogP contribution in [-0.2, 0) is 52.5 Å². The number of aliphatic hydroxyl groups is 1. The maximum Gasteiger partial charge on any atom is 0.435 e. The lowest BCUT2D eigenvalue weighted by Crippen LogP contribution is -2.24. The molecule has 1 fully saturated rings. The van der Waals surface area contributed by atoms with E-state index in [1.807, 2.05) is 0 Å². The zero-order chi connectivity index (χ0) is 42.3. The van der Waals surface area contributed by atoms with Crippen molar-refractivity contribution < 1.29 is 53.4 Å². The Labute approximate surface area is 330 Å². The molecule has 3 aromatic heterocycles. The topological polar surface area (TPSA) is 120 Å². The highest BCUT2D eigenvalue weighted by Gasteiger charge is 2.68. The number of ketones is 1. The molecular formula is C39H32ClF8N5O4S. The van der Waals surface area contributed by atoms with Crippen molar-refractivity contribution in [3.8, 4) is 23.0 Å². The Morgan fingerprint density at radius 3 is 2.40 bits per heavy atom. The number of halogens is 9. The molecule has 0 radical (unpaired) electrons. The molecule has 0 spiro atoms. The molecule has 4 atom stereocenters. The van der Waals surface area contributed by atoms with Crippen LogP contribution in [0.2, 0.25) is 5.02 Å². The maximum atomic E-state index is 15.4. The Morgan fingerprint density at radius 1 is 1.09 bits per heavy atom. The van der Waals surface area contributed by atoms with E-state index in [0.29, 0.717) is 21.8 Å². The van der Waals surface area contributed by atoms with E-state index in [9.17, 15) is 44.7 Å². The van der Waals surface area contributed by atoms with Gasteiger partial charge in [0, 0.05) is 59.7 Å². The number of Topliss-reactive ketones (excluding diaryl/α,β-unsaturated/α-hetero) is 1. The number of carbonyl (C=O) groups is 1. The number of aryl methyl sites for hydroxylation is 1. The Morgan fingerprint density at radius 2 is 1.76 bits per heavy atom. The largest absolute Gasteiger partial charge is 0.435 e. The van der Waals surface area contributed by atoms with E-state index in [1.165, 1.54) is 29.9 Å². The van der Waals surface area contributed by atoms with Gasteiger partial charge in [-0.1, -0.05) is 23.6 Å². The fourth-order valence-corrected chi connectivity index (χ4v) is 8.68. The number of carbonyl (C=O) groups excluding carboxylic acids is 1. The van der Waals surface area contributed by atoms with Gasteiger partial charge in [0.25, 0.3) is 5.92 Å². The average Bonchev–Trinajstić information content (AvgIpc) is 3.65. The third-order valence-electron chi connectivity index (χ3n) is 10.1. The molecule has 19 heteroatoms. The molecule has 9 nitrogen and oxygen atoms in total. The van der Waals surface area contributed by atoms with E-state index >= 15 is 8.78 Å². The average molecular weight is 854 g/mol. The van der Waals surface area contributed by atoms with Gasteiger partial charge in [-0.25, -0.2) is 26.6 Å². The molecule has 0 amide bonds. The minimum Gasteiger partial charge on any atom is -0.375 e. The number of rotatable bonds is 11. The second-order valence-electron chi connectivity index (χ2n) is 15.0. The summed E-state index contributed by atoms with van der Waals surface area (Å²) in [5.74, 6) is -5.70. The summed E-state index contributed by atoms with van der Waals surface area (Å²) in [6, 6.07) is 8.50. The van der Waals surface area contributed by atoms with Gasteiger partial charge in [0.1, 0.15) is 36.2 Å². The van der Waals surface area contributed by atoms with E-state index < -0.39 is 105 Å². The number of sulfone groups is 1. The number of fused-ring (bicyclic) bond motifs is 4. The zero-order valence-electron chi connectivity index (χ0n) is 30.7. The van der Waals surface area contributed by atoms with Gasteiger partial charge in [-0.05, 0) is 67.5 Å². The fourth-order valence-electron chi connectivity index (χ4n) is 7.72. The van der Waals surface area contributed by atoms with Gasteiger partial charge >= 0.3 is 6.18 Å². The molecule has 0 bridgehead atoms. The molecule has 3 heterocycles. The summed E-state index contributed by atoms with van der Waals surface area (Å²) in [6.07, 6.45) is -5.22. The first-order valence-electron chi connectivity index (χ1n) is 17.6. The fraction of sp³-hybridized carbons (Fsp3) is 0.385. The Balaban J connectivity index is 1.40. The molecule has 2 aliphatic rings. The smallest absolute Gasteiger partial charge is 0.375 e. The molecule has 306 valence electrons. The van der Waals surface area contributed by atoms with Crippen LogP contribution in [0.4, 0.5) is 35.1 Å². The van der Waals surface area contributed by atoms with Crippen molar-refractivity contribution in [2.24, 2.45) is 13.0 Å². The lowest BCUT2D eigenvalue weighted by molar-refractivity contribution is -0.142. The highest BCUT2D eigenvalue weighted by Crippen LogP contribution is 2.68. The van der Waals surface area contributed by atoms with Crippen molar-refractivity contribution in [3.05, 3.63) is 98.7 Å². The van der Waals surface area contributed by atoms with Crippen LogP contribution in [0.3, 0.4) is 0 Å². The molecule has 2 aliphatic carbocycles. The van der Waals surface area contributed by atoms with E-state index in [4.69, 9.17) is 11.6 Å². The third-order valence-corrected chi connectivity index (χ3v) is 11.2. The molecule has 1 N–H and O–H groups in total. The molecule has 7 rings (SSSR count). The molecule has 1 unspecified atom stereocenters. The number of alkyl halides is 6. The molecular weight excluding hydrogens is 822 g/mol. The number of nitrogens with zero attached hydrogens (tertiary/aromatic N) is 5. The molecule has 0 aliphatic heterocycles. The van der Waals surface area contributed by atoms with Crippen LogP contribution in [0, 0.1) is 29.4 Å². The second-order valence-corrected chi connectivity index (χ2v) is 17.6. The van der Waals surface area contributed by atoms with Gasteiger partial charge in [-0.15, -0.1) is 0 Å². The van der Waals surface area contributed by atoms with E-state index in [2.05, 4.69) is 27.0 Å². The van der Waals surface area contributed by atoms with Gasteiger partial charge in [-0.2, -0.15) is 32.1 Å². The van der Waals surface area contributed by atoms with Gasteiger partial charge < -0.3 is 5.11 Å². The summed E-state index contributed by atoms with van der Waals surface area (Å²) in [4.78, 5) is 18.7. The summed E-state index contributed by atoms with van der Waals surface area (Å²) in [7, 11) is -2.10. The third kappa shape index (κ3) is 7.95. The molecule has 0 saturated heterocycles. The van der Waals surface area contributed by atoms with Gasteiger partial charge in [0.2, 0.25) is 0 Å². The minimum atomic E-state index is -5.08. The summed E-state index contributed by atoms with van der Waals surface area (Å²) < 4.78 is 142. The first-order valence-corrected chi connectivity index (χ1v) is 20.1. The highest BCUT2D eigenvalue weighted by atomic mass is 35.5. The van der Waals surface area contributed by atoms with Crippen molar-refractivity contribution in [1.29, 1.82) is 0 Å². The first-order chi connectivity index (χ1) is 27.0. The Hall–Kier alpha value is -4.86. The van der Waals surface area contributed by atoms with Crippen LogP contribution in [0.1, 0.15) is 71.2 Å². The van der Waals surface area contributed by atoms with Crippen LogP contribution in [0.25, 0.3) is 22.0 Å². The number of pyridine rings is 1. The van der Waals surface area contributed by atoms with Crippen LogP contribution in [0.15, 0.2) is 42.5 Å². The van der Waals surface area contributed by atoms with Crippen molar-refractivity contribution in [1.82, 2.24) is 24.5 Å². The number of benzene rings is 2. The van der Waals surface area contributed by atoms with Gasteiger partial charge in [0.15, 0.2) is 26.9 Å². The van der Waals surface area contributed by atoms with Crippen molar-refractivity contribution >= 4 is 38.1 Å². The normalized spacial score (nSPS) is 18.6. The number of hydrogen-bond acceptors (Lipinski definition) is 7. The first kappa shape index (κ1) is 41.3. The summed E-state index contributed by atoms with van der Waals surface area (Å²) >= 11 is 6.59. The van der Waals surface area contributed by atoms with Gasteiger partial charge in [-0.3, -0.25) is 14.2 Å². The lowest BCUT2D eigenvalue weighted by atomic mass is 9.86. The molecule has 1 saturated carbocycles. The van der Waals surface area contributed by atoms with E-state index in [-0.39, 0.29) is 51.5 Å². The van der Waals surface area contributed by atoms with Crippen LogP contribution >= 0.6 is 11.6 Å². The lowest BCUT2D eigenvalue weighted by Gasteiger charge is -2.22. The van der Waals surface area contributed by atoms with Crippen molar-refractivity contribution in [2.75, 3.05) is 12.9 Å². The number of hydrogen-bond donors (Lipinski definition) is 1. The van der Waals surface area contributed by atoms with Gasteiger partial charge in [0.05, 0.1) is 27.7 Å². The Bertz CT molecular complexity index is 2660. The van der Waals surface area contributed by atoms with E-state index in [0.717, 1.165) is 25.3 Å². The quantitative estimate of drug-likeness (QED) is 0.107. The number of aromatic nitrogens is 5. The Kier molecular flexibility index (Phi) is 10.3. The summed E-state index contributed by atoms with van der Waals surface area (Å²) in [5, 5.41) is 18.5. The summed E-state index contributed by atoms with van der Waals surface area (Å²) in [5.41, 5.74) is -4.28. The van der Waals surface area contributed by atoms with Crippen LogP contribution in [0.5, 0.6) is 0 Å². The monoisotopic (exact) mass is 853 g/mol. The minimum absolute atomic E-state index is 0.00689. The molecule has 58 heavy (non-hydrogen) atoms. The van der Waals surface area contributed by atoms with Crippen molar-refractivity contribution in [2.45, 2.75) is 68.0 Å². The SMILES string of the molecule is Cn1nc(CS(C)(=O)=O)c2c(Cl)ccc(-c3ccc(C#CC(C)(O)CF)nc3[C@@H](CC(=O)Cn3nc(C(F)(F)F)c4c3C(F)(F)[C@@H]3C[C@H]43)Cc3cc(F)cc(F)c3)c21. The van der Waals surface area contributed by atoms with E-state index in [1.54, 1.807) is 6.07 Å². The second kappa shape index (κ2) is 14.5. The van der Waals surface area contributed by atoms with Crippen LogP contribution < -0.4 is 0 Å². The predicted octanol–water partition coefficient (Wildman–Crippen LogP) is 7.59. The highest BCUT2D eigenvalue weighted by molar-refractivity contribution is 7.89. The van der Waals surface area contributed by atoms with Crippen LogP contribution in [-0.4, -0.2) is 62.4 Å². The molecule has 2 aromatic carbocycles. The molecule has 5 aromatic rings. The maximum absolute atomic E-state index is 15.4. The van der Waals surface area contributed by atoms with Crippen molar-refractivity contribution in [3.63, 3.8) is 0 Å². The standard InChI is InChI=1S/C39H32ClF8N5O4S/c1-37(55,18-41)9-8-23-4-5-25(26-6-7-29(40)32-30(17-58(3,56)57)50-52(2)34(26)32)33(49-23)20(10-19-11-21(42)14-22(43)12-19)13-24(54)16-53-36-31(35(51-53)39(46,47)48)27-15-28(27)38(36,44)45/h4-7,11-12,14,20,27-28,55H,10,13,15-18H2,1-3H3/t20-,27+,28-,37?/m1/s1. The predicted molar refractivity (Wildman–Crippen MR) is 195 cm³/mol.